The molecule has 5 aromatic rings. The number of hydrogen-bond donors (Lipinski definition) is 0. The van der Waals surface area contributed by atoms with E-state index in [1.807, 2.05) is 79.0 Å². The summed E-state index contributed by atoms with van der Waals surface area (Å²) in [4.78, 5) is 8.63. The van der Waals surface area contributed by atoms with Crippen molar-refractivity contribution in [3.8, 4) is 33.6 Å². The number of benzene rings is 3. The normalized spacial score (nSPS) is 9.78. The Bertz CT molecular complexity index is 1150. The fourth-order valence-electron chi connectivity index (χ4n) is 3.30. The van der Waals surface area contributed by atoms with Gasteiger partial charge in [0.25, 0.3) is 0 Å². The van der Waals surface area contributed by atoms with Crippen LogP contribution < -0.4 is 0 Å². The van der Waals surface area contributed by atoms with Gasteiger partial charge in [-0.3, -0.25) is 4.98 Å². The summed E-state index contributed by atoms with van der Waals surface area (Å²) in [6.07, 6.45) is 3.62. The molecule has 5 rings (SSSR count). The van der Waals surface area contributed by atoms with E-state index in [4.69, 9.17) is 0 Å². The maximum atomic E-state index is 4.32. The van der Waals surface area contributed by atoms with Gasteiger partial charge in [0.05, 0.1) is 5.69 Å². The van der Waals surface area contributed by atoms with Crippen molar-refractivity contribution in [2.24, 2.45) is 0 Å². The molecule has 0 saturated heterocycles. The Morgan fingerprint density at radius 2 is 1.19 bits per heavy atom. The Kier molecular flexibility index (Phi) is 8.62. The molecule has 159 valence electrons. The van der Waals surface area contributed by atoms with Crippen LogP contribution >= 0.6 is 0 Å². The quantitative estimate of drug-likeness (QED) is 0.206. The smallest absolute Gasteiger partial charge is 0.0704 e. The van der Waals surface area contributed by atoms with Crippen molar-refractivity contribution < 1.29 is 20.1 Å². The van der Waals surface area contributed by atoms with Crippen LogP contribution in [0.4, 0.5) is 0 Å². The molecule has 32 heavy (non-hydrogen) atoms. The minimum atomic E-state index is 0. The third kappa shape index (κ3) is 6.07. The van der Waals surface area contributed by atoms with E-state index in [-0.39, 0.29) is 20.1 Å². The van der Waals surface area contributed by atoms with Crippen molar-refractivity contribution in [3.63, 3.8) is 0 Å². The average molecular weight is 592 g/mol. The first kappa shape index (κ1) is 23.3. The Hall–Kier alpha value is -3.39. The molecule has 2 nitrogen and oxygen atoms in total. The van der Waals surface area contributed by atoms with Gasteiger partial charge in [0.15, 0.2) is 0 Å². The van der Waals surface area contributed by atoms with Crippen molar-refractivity contribution >= 4 is 0 Å². The topological polar surface area (TPSA) is 25.8 Å². The van der Waals surface area contributed by atoms with Crippen molar-refractivity contribution in [2.45, 2.75) is 6.92 Å². The third-order valence-electron chi connectivity index (χ3n) is 4.95. The molecule has 1 radical (unpaired) electrons. The minimum Gasteiger partial charge on any atom is -0.305 e. The zero-order chi connectivity index (χ0) is 21.3. The second kappa shape index (κ2) is 11.9. The predicted octanol–water partition coefficient (Wildman–Crippen LogP) is 7.27. The maximum Gasteiger partial charge on any atom is 0.0704 e. The van der Waals surface area contributed by atoms with Crippen LogP contribution in [0, 0.1) is 13.0 Å². The fraction of sp³-hybridized carbons (Fsp3) is 0.0345. The Labute approximate surface area is 203 Å². The second-order valence-electron chi connectivity index (χ2n) is 7.10. The van der Waals surface area contributed by atoms with Crippen molar-refractivity contribution in [1.29, 1.82) is 0 Å². The molecule has 0 bridgehead atoms. The molecule has 3 aromatic carbocycles. The molecule has 0 fully saturated rings. The SMILES string of the molecule is Cc1ccccc1-c1ccccn1.[Ir].[c-]1cc(-c2ccccc2)ccc1-c1ccccn1. The molecule has 0 saturated carbocycles. The van der Waals surface area contributed by atoms with Crippen LogP contribution in [0.5, 0.6) is 0 Å². The number of aromatic nitrogens is 2. The number of nitrogens with zero attached hydrogens (tertiary/aromatic N) is 2. The molecule has 0 unspecified atom stereocenters. The number of aryl methyl sites for hydroxylation is 1. The van der Waals surface area contributed by atoms with E-state index in [2.05, 4.69) is 59.4 Å². The predicted molar refractivity (Wildman–Crippen MR) is 128 cm³/mol. The molecule has 0 aliphatic rings. The molecular weight excluding hydrogens is 569 g/mol. The summed E-state index contributed by atoms with van der Waals surface area (Å²) in [5.74, 6) is 0. The summed E-state index contributed by atoms with van der Waals surface area (Å²) in [6.45, 7) is 2.10. The van der Waals surface area contributed by atoms with Crippen LogP contribution in [0.25, 0.3) is 33.6 Å². The molecule has 0 amide bonds. The van der Waals surface area contributed by atoms with E-state index >= 15 is 0 Å². The van der Waals surface area contributed by atoms with Gasteiger partial charge in [-0.25, -0.2) is 0 Å². The molecule has 0 spiro atoms. The average Bonchev–Trinajstić information content (AvgIpc) is 2.86. The van der Waals surface area contributed by atoms with Crippen LogP contribution in [0.2, 0.25) is 0 Å². The Morgan fingerprint density at radius 1 is 0.562 bits per heavy atom. The van der Waals surface area contributed by atoms with Crippen LogP contribution in [0.3, 0.4) is 0 Å². The van der Waals surface area contributed by atoms with Crippen LogP contribution in [-0.2, 0) is 20.1 Å². The monoisotopic (exact) mass is 592 g/mol. The van der Waals surface area contributed by atoms with Gasteiger partial charge in [-0.2, -0.15) is 0 Å². The number of hydrogen-bond acceptors (Lipinski definition) is 2. The summed E-state index contributed by atoms with van der Waals surface area (Å²) < 4.78 is 0. The van der Waals surface area contributed by atoms with Gasteiger partial charge < -0.3 is 4.98 Å². The second-order valence-corrected chi connectivity index (χ2v) is 7.10. The van der Waals surface area contributed by atoms with Crippen molar-refractivity contribution in [1.82, 2.24) is 9.97 Å². The maximum absolute atomic E-state index is 4.32. The van der Waals surface area contributed by atoms with Gasteiger partial charge in [-0.1, -0.05) is 83.9 Å². The van der Waals surface area contributed by atoms with Gasteiger partial charge in [0, 0.05) is 38.1 Å². The summed E-state index contributed by atoms with van der Waals surface area (Å²) in [7, 11) is 0. The van der Waals surface area contributed by atoms with Gasteiger partial charge in [0.1, 0.15) is 0 Å². The zero-order valence-electron chi connectivity index (χ0n) is 17.8. The Morgan fingerprint density at radius 3 is 1.78 bits per heavy atom. The first-order valence-electron chi connectivity index (χ1n) is 10.3. The van der Waals surface area contributed by atoms with E-state index in [1.165, 1.54) is 22.3 Å². The molecule has 3 heteroatoms. The molecule has 2 aromatic heterocycles. The van der Waals surface area contributed by atoms with Crippen LogP contribution in [0.15, 0.2) is 122 Å². The molecule has 2 heterocycles. The number of rotatable bonds is 3. The van der Waals surface area contributed by atoms with Gasteiger partial charge in [0.2, 0.25) is 0 Å². The summed E-state index contributed by atoms with van der Waals surface area (Å²) in [5.41, 5.74) is 7.88. The Balaban J connectivity index is 0.000000184. The van der Waals surface area contributed by atoms with E-state index in [9.17, 15) is 0 Å². The standard InChI is InChI=1S/C17H12N.C12H11N.Ir/c1-2-6-14(7-3-1)15-9-11-16(12-10-15)17-8-4-5-13-18-17;1-10-6-2-3-7-11(10)12-8-4-5-9-13-12;/h1-11,13H;2-9H,1H3;/q-1;;. The van der Waals surface area contributed by atoms with E-state index in [0.29, 0.717) is 0 Å². The fourth-order valence-corrected chi connectivity index (χ4v) is 3.30. The van der Waals surface area contributed by atoms with E-state index in [0.717, 1.165) is 17.0 Å². The third-order valence-corrected chi connectivity index (χ3v) is 4.95. The molecule has 0 atom stereocenters. The molecule has 0 aliphatic carbocycles. The minimum absolute atomic E-state index is 0. The van der Waals surface area contributed by atoms with Crippen molar-refractivity contribution in [2.75, 3.05) is 0 Å². The number of pyridine rings is 2. The first-order chi connectivity index (χ1) is 15.3. The first-order valence-corrected chi connectivity index (χ1v) is 10.3. The van der Waals surface area contributed by atoms with Crippen LogP contribution in [0.1, 0.15) is 5.56 Å². The molecular formula is C29H23IrN2-. The zero-order valence-corrected chi connectivity index (χ0v) is 20.2. The van der Waals surface area contributed by atoms with Crippen molar-refractivity contribution in [3.05, 3.63) is 133 Å². The summed E-state index contributed by atoms with van der Waals surface area (Å²) in [6, 6.07) is 39.9. The van der Waals surface area contributed by atoms with Gasteiger partial charge in [-0.15, -0.1) is 29.8 Å². The van der Waals surface area contributed by atoms with E-state index < -0.39 is 0 Å². The van der Waals surface area contributed by atoms with Gasteiger partial charge >= 0.3 is 0 Å². The van der Waals surface area contributed by atoms with E-state index in [1.54, 1.807) is 6.20 Å². The van der Waals surface area contributed by atoms with Crippen LogP contribution in [-0.4, -0.2) is 9.97 Å². The van der Waals surface area contributed by atoms with Gasteiger partial charge in [-0.05, 0) is 36.4 Å². The summed E-state index contributed by atoms with van der Waals surface area (Å²) in [5, 5.41) is 0. The molecule has 0 aliphatic heterocycles. The summed E-state index contributed by atoms with van der Waals surface area (Å²) >= 11 is 0. The molecule has 0 N–H and O–H groups in total. The largest absolute Gasteiger partial charge is 0.305 e.